The number of aromatic nitrogens is 2. The molecular formula is C32H35F3N4O. The summed E-state index contributed by atoms with van der Waals surface area (Å²) in [7, 11) is 1.72. The van der Waals surface area contributed by atoms with Crippen molar-refractivity contribution in [1.82, 2.24) is 14.5 Å². The Hall–Kier alpha value is -3.60. The van der Waals surface area contributed by atoms with Crippen molar-refractivity contribution in [2.45, 2.75) is 69.9 Å². The van der Waals surface area contributed by atoms with E-state index in [0.29, 0.717) is 11.5 Å². The van der Waals surface area contributed by atoms with Crippen molar-refractivity contribution in [3.05, 3.63) is 76.8 Å². The normalized spacial score (nSPS) is 17.2. The van der Waals surface area contributed by atoms with Gasteiger partial charge in [-0.25, -0.2) is 4.98 Å². The highest BCUT2D eigenvalue weighted by atomic mass is 19.4. The van der Waals surface area contributed by atoms with E-state index in [4.69, 9.17) is 5.26 Å². The van der Waals surface area contributed by atoms with Gasteiger partial charge in [-0.3, -0.25) is 4.79 Å². The molecule has 0 unspecified atom stereocenters. The lowest BCUT2D eigenvalue weighted by Gasteiger charge is -2.36. The van der Waals surface area contributed by atoms with Crippen molar-refractivity contribution in [2.75, 3.05) is 13.1 Å². The van der Waals surface area contributed by atoms with E-state index >= 15 is 0 Å². The molecule has 0 N–H and O–H groups in total. The Balaban J connectivity index is 1.41. The number of ketones is 1. The van der Waals surface area contributed by atoms with E-state index in [1.54, 1.807) is 29.9 Å². The summed E-state index contributed by atoms with van der Waals surface area (Å²) in [5, 5.41) is 9.25. The molecule has 2 fully saturated rings. The summed E-state index contributed by atoms with van der Waals surface area (Å²) < 4.78 is 45.7. The fraction of sp³-hybridized carbons (Fsp3) is 0.469. The smallest absolute Gasteiger partial charge is 0.375 e. The number of Topliss-reactive ketones (excluding diaryl/α,β-unsaturated/α-hetero) is 1. The highest BCUT2D eigenvalue weighted by Gasteiger charge is 2.39. The van der Waals surface area contributed by atoms with Crippen LogP contribution in [0.3, 0.4) is 0 Å². The van der Waals surface area contributed by atoms with E-state index < -0.39 is 23.9 Å². The largest absolute Gasteiger partial charge is 0.417 e. The highest BCUT2D eigenvalue weighted by Crippen LogP contribution is 2.43. The van der Waals surface area contributed by atoms with Crippen LogP contribution in [0, 0.1) is 17.2 Å². The van der Waals surface area contributed by atoms with E-state index in [9.17, 15) is 18.0 Å². The molecule has 0 bridgehead atoms. The predicted molar refractivity (Wildman–Crippen MR) is 149 cm³/mol. The van der Waals surface area contributed by atoms with Gasteiger partial charge in [0.2, 0.25) is 0 Å². The number of hydrogen-bond donors (Lipinski definition) is 0. The third-order valence-corrected chi connectivity index (χ3v) is 8.67. The Labute approximate surface area is 233 Å². The van der Waals surface area contributed by atoms with Crippen LogP contribution < -0.4 is 0 Å². The molecule has 2 aromatic heterocycles. The minimum atomic E-state index is -4.66. The highest BCUT2D eigenvalue weighted by molar-refractivity contribution is 5.99. The lowest BCUT2D eigenvalue weighted by molar-refractivity contribution is -0.136. The standard InChI is InChI=1S/C32H35F3N4O/c1-21(15-22-7-4-3-5-8-22)39-13-11-24(12-14-39)27-20-38(2)31-29(27)30(32(33,34)35)26(19-37-31)17-28(40)25-10-6-9-23(16-25)18-36/h6,9-10,16,19-20,22,24H,1,3-5,7-8,11-15,17H2,2H3. The second-order valence-electron chi connectivity index (χ2n) is 11.4. The number of carbonyl (C=O) groups excluding carboxylic acids is 1. The number of rotatable bonds is 7. The van der Waals surface area contributed by atoms with Crippen LogP contribution in [-0.4, -0.2) is 33.3 Å². The van der Waals surface area contributed by atoms with Gasteiger partial charge in [-0.1, -0.05) is 50.8 Å². The number of nitrogens with zero attached hydrogens (tertiary/aromatic N) is 4. The molecule has 5 rings (SSSR count). The van der Waals surface area contributed by atoms with E-state index in [1.807, 2.05) is 6.07 Å². The molecule has 3 heterocycles. The second-order valence-corrected chi connectivity index (χ2v) is 11.4. The van der Waals surface area contributed by atoms with Gasteiger partial charge in [0.15, 0.2) is 5.78 Å². The Kier molecular flexibility index (Phi) is 8.02. The fourth-order valence-corrected chi connectivity index (χ4v) is 6.58. The fourth-order valence-electron chi connectivity index (χ4n) is 6.58. The van der Waals surface area contributed by atoms with Crippen LogP contribution in [0.1, 0.15) is 89.9 Å². The number of carbonyl (C=O) groups is 1. The number of hydrogen-bond acceptors (Lipinski definition) is 4. The van der Waals surface area contributed by atoms with Crippen molar-refractivity contribution < 1.29 is 18.0 Å². The third kappa shape index (κ3) is 5.79. The van der Waals surface area contributed by atoms with Gasteiger partial charge in [-0.15, -0.1) is 0 Å². The topological polar surface area (TPSA) is 61.9 Å². The first-order valence-corrected chi connectivity index (χ1v) is 14.2. The van der Waals surface area contributed by atoms with E-state index in [0.717, 1.165) is 38.0 Å². The summed E-state index contributed by atoms with van der Waals surface area (Å²) in [5.41, 5.74) is 1.65. The average Bonchev–Trinajstić information content (AvgIpc) is 3.28. The summed E-state index contributed by atoms with van der Waals surface area (Å²) in [4.78, 5) is 19.7. The van der Waals surface area contributed by atoms with Crippen molar-refractivity contribution in [2.24, 2.45) is 13.0 Å². The van der Waals surface area contributed by atoms with Crippen LogP contribution in [0.4, 0.5) is 13.2 Å². The Morgan fingerprint density at radius 1 is 1.15 bits per heavy atom. The zero-order valence-electron chi connectivity index (χ0n) is 22.9. The van der Waals surface area contributed by atoms with Crippen LogP contribution in [0.2, 0.25) is 0 Å². The number of piperidine rings is 1. The van der Waals surface area contributed by atoms with E-state index in [-0.39, 0.29) is 33.6 Å². The number of benzene rings is 1. The van der Waals surface area contributed by atoms with Crippen molar-refractivity contribution in [3.63, 3.8) is 0 Å². The molecule has 0 spiro atoms. The first-order chi connectivity index (χ1) is 19.2. The quantitative estimate of drug-likeness (QED) is 0.286. The van der Waals surface area contributed by atoms with Gasteiger partial charge >= 0.3 is 6.18 Å². The van der Waals surface area contributed by atoms with Gasteiger partial charge in [0.1, 0.15) is 5.65 Å². The summed E-state index contributed by atoms with van der Waals surface area (Å²) in [6.45, 7) is 5.90. The molecule has 1 aliphatic carbocycles. The molecule has 1 aliphatic heterocycles. The first kappa shape index (κ1) is 27.9. The number of alkyl halides is 3. The predicted octanol–water partition coefficient (Wildman–Crippen LogP) is 7.55. The molecule has 210 valence electrons. The van der Waals surface area contributed by atoms with Crippen LogP contribution >= 0.6 is 0 Å². The minimum Gasteiger partial charge on any atom is -0.375 e. The van der Waals surface area contributed by atoms with Crippen molar-refractivity contribution >= 4 is 16.8 Å². The third-order valence-electron chi connectivity index (χ3n) is 8.67. The molecule has 1 saturated heterocycles. The summed E-state index contributed by atoms with van der Waals surface area (Å²) in [6, 6.07) is 8.01. The van der Waals surface area contributed by atoms with Crippen molar-refractivity contribution in [1.29, 1.82) is 5.26 Å². The van der Waals surface area contributed by atoms with Gasteiger partial charge in [0.05, 0.1) is 17.2 Å². The minimum absolute atomic E-state index is 0.0383. The first-order valence-electron chi connectivity index (χ1n) is 14.2. The Morgan fingerprint density at radius 3 is 2.55 bits per heavy atom. The monoisotopic (exact) mass is 548 g/mol. The van der Waals surface area contributed by atoms with Crippen molar-refractivity contribution in [3.8, 4) is 6.07 Å². The molecule has 1 saturated carbocycles. The molecule has 5 nitrogen and oxygen atoms in total. The van der Waals surface area contributed by atoms with Crippen LogP contribution in [0.5, 0.6) is 0 Å². The lowest BCUT2D eigenvalue weighted by Crippen LogP contribution is -2.33. The molecule has 0 radical (unpaired) electrons. The molecule has 40 heavy (non-hydrogen) atoms. The number of allylic oxidation sites excluding steroid dienone is 1. The summed E-state index contributed by atoms with van der Waals surface area (Å²) in [6.07, 6.45) is 6.76. The average molecular weight is 549 g/mol. The summed E-state index contributed by atoms with van der Waals surface area (Å²) in [5.74, 6) is 0.176. The number of likely N-dealkylation sites (tertiary alicyclic amines) is 1. The Morgan fingerprint density at radius 2 is 1.88 bits per heavy atom. The van der Waals surface area contributed by atoms with Gasteiger partial charge in [-0.05, 0) is 54.4 Å². The zero-order valence-corrected chi connectivity index (χ0v) is 22.9. The maximum Gasteiger partial charge on any atom is 0.417 e. The lowest BCUT2D eigenvalue weighted by atomic mass is 9.84. The molecule has 0 atom stereocenters. The molecule has 0 amide bonds. The second kappa shape index (κ2) is 11.5. The Bertz CT molecular complexity index is 1450. The number of pyridine rings is 1. The van der Waals surface area contributed by atoms with Crippen LogP contribution in [0.25, 0.3) is 11.0 Å². The van der Waals surface area contributed by atoms with Gasteiger partial charge in [0.25, 0.3) is 0 Å². The molecule has 2 aliphatic rings. The van der Waals surface area contributed by atoms with Crippen LogP contribution in [0.15, 0.2) is 48.9 Å². The van der Waals surface area contributed by atoms with Gasteiger partial charge < -0.3 is 9.47 Å². The molecule has 1 aromatic carbocycles. The number of halogens is 3. The number of fused-ring (bicyclic) bond motifs is 1. The molecule has 3 aromatic rings. The molecule has 8 heteroatoms. The zero-order chi connectivity index (χ0) is 28.4. The van der Waals surface area contributed by atoms with E-state index in [1.165, 1.54) is 50.4 Å². The number of nitriles is 1. The van der Waals surface area contributed by atoms with E-state index in [2.05, 4.69) is 16.5 Å². The SMILES string of the molecule is C=C(CC1CCCCC1)N1CCC(c2cn(C)c3ncc(CC(=O)c4cccc(C#N)c4)c(C(F)(F)F)c23)CC1. The van der Waals surface area contributed by atoms with Gasteiger partial charge in [-0.2, -0.15) is 18.4 Å². The molecular weight excluding hydrogens is 513 g/mol. The maximum atomic E-state index is 14.7. The van der Waals surface area contributed by atoms with Crippen LogP contribution in [-0.2, 0) is 19.6 Å². The van der Waals surface area contributed by atoms with Gasteiger partial charge in [0, 0.05) is 55.6 Å². The maximum absolute atomic E-state index is 14.7. The number of aryl methyl sites for hydroxylation is 1. The summed E-state index contributed by atoms with van der Waals surface area (Å²) >= 11 is 0.